The Morgan fingerprint density at radius 2 is 1.83 bits per heavy atom. The number of amides is 3. The Labute approximate surface area is 133 Å². The van der Waals surface area contributed by atoms with E-state index in [0.29, 0.717) is 0 Å². The molecule has 1 aliphatic heterocycles. The molecule has 7 N–H and O–H groups in total. The normalized spacial score (nSPS) is 18.0. The van der Waals surface area contributed by atoms with Crippen LogP contribution in [-0.4, -0.2) is 28.8 Å². The quantitative estimate of drug-likeness (QED) is 0.204. The van der Waals surface area contributed by atoms with Gasteiger partial charge in [-0.15, -0.1) is 0 Å². The zero-order valence-corrected chi connectivity index (χ0v) is 13.1. The van der Waals surface area contributed by atoms with Crippen LogP contribution in [0.2, 0.25) is 0 Å². The summed E-state index contributed by atoms with van der Waals surface area (Å²) in [6.07, 6.45) is 0.283. The predicted molar refractivity (Wildman–Crippen MR) is 85.9 cm³/mol. The first kappa shape index (κ1) is 16.8. The van der Waals surface area contributed by atoms with Gasteiger partial charge in [0.05, 0.1) is 5.56 Å². The second kappa shape index (κ2) is 6.25. The molecule has 1 atom stereocenters. The van der Waals surface area contributed by atoms with Gasteiger partial charge in [-0.25, -0.2) is 5.84 Å². The first-order chi connectivity index (χ1) is 10.7. The van der Waals surface area contributed by atoms with E-state index in [9.17, 15) is 14.4 Å². The SMILES string of the molecule is CC(C)c1cc(N)c(C(=O)N(N)C2CCC(=O)NC2=O)c(N)c1. The van der Waals surface area contributed by atoms with Crippen molar-refractivity contribution < 1.29 is 14.4 Å². The number of piperidine rings is 1. The average Bonchev–Trinajstić information content (AvgIpc) is 2.45. The third-order valence-electron chi connectivity index (χ3n) is 3.88. The molecular weight excluding hydrogens is 298 g/mol. The van der Waals surface area contributed by atoms with Crippen molar-refractivity contribution in [1.29, 1.82) is 0 Å². The first-order valence-corrected chi connectivity index (χ1v) is 7.33. The molecular formula is C15H21N5O3. The molecule has 8 heteroatoms. The number of nitrogen functional groups attached to an aromatic ring is 2. The summed E-state index contributed by atoms with van der Waals surface area (Å²) in [4.78, 5) is 35.6. The number of nitrogens with one attached hydrogen (secondary N) is 1. The topological polar surface area (TPSA) is 145 Å². The highest BCUT2D eigenvalue weighted by Gasteiger charge is 2.34. The number of nitrogens with zero attached hydrogens (tertiary/aromatic N) is 1. The van der Waals surface area contributed by atoms with Crippen molar-refractivity contribution in [3.63, 3.8) is 0 Å². The van der Waals surface area contributed by atoms with Gasteiger partial charge in [-0.1, -0.05) is 13.8 Å². The maximum absolute atomic E-state index is 12.6. The van der Waals surface area contributed by atoms with Crippen LogP contribution in [0.3, 0.4) is 0 Å². The van der Waals surface area contributed by atoms with Gasteiger partial charge >= 0.3 is 0 Å². The molecule has 23 heavy (non-hydrogen) atoms. The maximum Gasteiger partial charge on any atom is 0.272 e. The molecule has 0 aliphatic carbocycles. The molecule has 124 valence electrons. The van der Waals surface area contributed by atoms with E-state index in [1.807, 2.05) is 13.8 Å². The van der Waals surface area contributed by atoms with Crippen molar-refractivity contribution in [3.05, 3.63) is 23.3 Å². The van der Waals surface area contributed by atoms with Crippen molar-refractivity contribution in [2.24, 2.45) is 5.84 Å². The molecule has 0 radical (unpaired) electrons. The fraction of sp³-hybridized carbons (Fsp3) is 0.400. The molecule has 3 amide bonds. The lowest BCUT2D eigenvalue weighted by Gasteiger charge is -2.29. The highest BCUT2D eigenvalue weighted by atomic mass is 16.2. The molecule has 0 bridgehead atoms. The van der Waals surface area contributed by atoms with E-state index in [2.05, 4.69) is 5.32 Å². The third kappa shape index (κ3) is 3.26. The number of anilines is 2. The van der Waals surface area contributed by atoms with Gasteiger partial charge in [0.15, 0.2) is 0 Å². The summed E-state index contributed by atoms with van der Waals surface area (Å²) in [5.74, 6) is 4.36. The summed E-state index contributed by atoms with van der Waals surface area (Å²) < 4.78 is 0. The highest BCUT2D eigenvalue weighted by Crippen LogP contribution is 2.28. The molecule has 0 aromatic heterocycles. The summed E-state index contributed by atoms with van der Waals surface area (Å²) in [6, 6.07) is 2.42. The Morgan fingerprint density at radius 3 is 2.30 bits per heavy atom. The van der Waals surface area contributed by atoms with Crippen LogP contribution in [0.1, 0.15) is 48.5 Å². The van der Waals surface area contributed by atoms with Gasteiger partial charge in [0, 0.05) is 17.8 Å². The van der Waals surface area contributed by atoms with Crippen LogP contribution in [0, 0.1) is 0 Å². The van der Waals surface area contributed by atoms with E-state index in [1.165, 1.54) is 0 Å². The minimum absolute atomic E-state index is 0.0709. The smallest absolute Gasteiger partial charge is 0.272 e. The van der Waals surface area contributed by atoms with Crippen LogP contribution < -0.4 is 22.6 Å². The monoisotopic (exact) mass is 319 g/mol. The van der Waals surface area contributed by atoms with E-state index in [4.69, 9.17) is 17.3 Å². The number of hydrogen-bond donors (Lipinski definition) is 4. The Morgan fingerprint density at radius 1 is 1.26 bits per heavy atom. The van der Waals surface area contributed by atoms with Gasteiger partial charge in [0.1, 0.15) is 6.04 Å². The molecule has 1 fully saturated rings. The zero-order chi connectivity index (χ0) is 17.3. The number of hydrogen-bond acceptors (Lipinski definition) is 6. The van der Waals surface area contributed by atoms with Crippen molar-refractivity contribution >= 4 is 29.1 Å². The fourth-order valence-electron chi connectivity index (χ4n) is 2.51. The van der Waals surface area contributed by atoms with E-state index < -0.39 is 17.9 Å². The van der Waals surface area contributed by atoms with Gasteiger partial charge < -0.3 is 11.5 Å². The number of imide groups is 1. The Kier molecular flexibility index (Phi) is 4.55. The number of hydrazine groups is 1. The van der Waals surface area contributed by atoms with Crippen molar-refractivity contribution in [2.45, 2.75) is 38.6 Å². The molecule has 8 nitrogen and oxygen atoms in total. The Bertz CT molecular complexity index is 648. The number of benzene rings is 1. The maximum atomic E-state index is 12.6. The van der Waals surface area contributed by atoms with Gasteiger partial charge in [-0.3, -0.25) is 24.7 Å². The van der Waals surface area contributed by atoms with Crippen LogP contribution in [-0.2, 0) is 9.59 Å². The molecule has 1 saturated heterocycles. The van der Waals surface area contributed by atoms with Crippen LogP contribution in [0.5, 0.6) is 0 Å². The lowest BCUT2D eigenvalue weighted by atomic mass is 9.97. The van der Waals surface area contributed by atoms with E-state index in [0.717, 1.165) is 10.6 Å². The third-order valence-corrected chi connectivity index (χ3v) is 3.88. The fourth-order valence-corrected chi connectivity index (χ4v) is 2.51. The molecule has 2 rings (SSSR count). The van der Waals surface area contributed by atoms with Crippen LogP contribution in [0.15, 0.2) is 12.1 Å². The summed E-state index contributed by atoms with van der Waals surface area (Å²) in [5, 5.41) is 2.95. The van der Waals surface area contributed by atoms with Gasteiger partial charge in [0.2, 0.25) is 5.91 Å². The summed E-state index contributed by atoms with van der Waals surface area (Å²) in [7, 11) is 0. The first-order valence-electron chi connectivity index (χ1n) is 7.33. The Balaban J connectivity index is 2.30. The number of rotatable bonds is 3. The van der Waals surface area contributed by atoms with E-state index in [1.54, 1.807) is 12.1 Å². The number of nitrogens with two attached hydrogens (primary N) is 3. The number of carbonyl (C=O) groups is 3. The van der Waals surface area contributed by atoms with Gasteiger partial charge in [-0.2, -0.15) is 0 Å². The van der Waals surface area contributed by atoms with Crippen molar-refractivity contribution in [1.82, 2.24) is 10.3 Å². The lowest BCUT2D eigenvalue weighted by Crippen LogP contribution is -2.57. The van der Waals surface area contributed by atoms with Crippen LogP contribution >= 0.6 is 0 Å². The van der Waals surface area contributed by atoms with Gasteiger partial charge in [-0.05, 0) is 30.0 Å². The van der Waals surface area contributed by atoms with Crippen molar-refractivity contribution in [2.75, 3.05) is 11.5 Å². The predicted octanol–water partition coefficient (Wildman–Crippen LogP) is 0.0955. The number of carbonyl (C=O) groups excluding carboxylic acids is 3. The van der Waals surface area contributed by atoms with Crippen LogP contribution in [0.25, 0.3) is 0 Å². The molecule has 1 aliphatic rings. The Hall–Kier alpha value is -2.61. The molecule has 0 saturated carbocycles. The molecule has 0 spiro atoms. The molecule has 1 aromatic rings. The van der Waals surface area contributed by atoms with E-state index >= 15 is 0 Å². The molecule has 1 aromatic carbocycles. The largest absolute Gasteiger partial charge is 0.398 e. The minimum Gasteiger partial charge on any atom is -0.398 e. The summed E-state index contributed by atoms with van der Waals surface area (Å²) >= 11 is 0. The lowest BCUT2D eigenvalue weighted by molar-refractivity contribution is -0.136. The molecule has 1 unspecified atom stereocenters. The average molecular weight is 319 g/mol. The summed E-state index contributed by atoms with van der Waals surface area (Å²) in [6.45, 7) is 3.96. The van der Waals surface area contributed by atoms with Crippen molar-refractivity contribution in [3.8, 4) is 0 Å². The van der Waals surface area contributed by atoms with E-state index in [-0.39, 0.29) is 41.6 Å². The van der Waals surface area contributed by atoms with Gasteiger partial charge in [0.25, 0.3) is 11.8 Å². The second-order valence-electron chi connectivity index (χ2n) is 5.91. The molecule has 1 heterocycles. The standard InChI is InChI=1S/C15H21N5O3/c1-7(2)8-5-9(16)13(10(17)6-8)15(23)20(18)11-3-4-12(21)19-14(11)22/h5-7,11H,3-4,16-18H2,1-2H3,(H,19,21,22). The van der Waals surface area contributed by atoms with Crippen LogP contribution in [0.4, 0.5) is 11.4 Å². The minimum atomic E-state index is -0.927. The summed E-state index contributed by atoms with van der Waals surface area (Å²) in [5.41, 5.74) is 13.3. The second-order valence-corrected chi connectivity index (χ2v) is 5.91. The highest BCUT2D eigenvalue weighted by molar-refractivity contribution is 6.07. The zero-order valence-electron chi connectivity index (χ0n) is 13.1.